The van der Waals surface area contributed by atoms with Crippen LogP contribution in [0.4, 0.5) is 0 Å². The van der Waals surface area contributed by atoms with Crippen LogP contribution in [0.2, 0.25) is 0 Å². The van der Waals surface area contributed by atoms with Crippen molar-refractivity contribution >= 4 is 5.91 Å². The van der Waals surface area contributed by atoms with E-state index in [2.05, 4.69) is 5.32 Å². The number of hydrogen-bond donors (Lipinski definition) is 3. The monoisotopic (exact) mass is 353 g/mol. The normalized spacial score (nSPS) is 22.9. The van der Waals surface area contributed by atoms with Crippen molar-refractivity contribution < 1.29 is 19.7 Å². The molecule has 0 saturated heterocycles. The van der Waals surface area contributed by atoms with Gasteiger partial charge in [0.1, 0.15) is 0 Å². The van der Waals surface area contributed by atoms with E-state index in [0.717, 1.165) is 5.56 Å². The lowest BCUT2D eigenvalue weighted by atomic mass is 10.0. The molecule has 3 N–H and O–H groups in total. The Bertz CT molecular complexity index is 732. The predicted molar refractivity (Wildman–Crippen MR) is 98.1 cm³/mol. The molecule has 136 valence electrons. The Labute approximate surface area is 152 Å². The summed E-state index contributed by atoms with van der Waals surface area (Å²) in [7, 11) is 0. The fourth-order valence-corrected chi connectivity index (χ4v) is 3.01. The number of amides is 1. The summed E-state index contributed by atoms with van der Waals surface area (Å²) in [6, 6.07) is 18.1. The molecule has 5 nitrogen and oxygen atoms in total. The van der Waals surface area contributed by atoms with E-state index in [0.29, 0.717) is 18.8 Å². The first-order chi connectivity index (χ1) is 12.6. The number of benzene rings is 2. The average molecular weight is 353 g/mol. The molecule has 1 aliphatic rings. The molecule has 0 fully saturated rings. The highest BCUT2D eigenvalue weighted by atomic mass is 16.5. The number of rotatable bonds is 7. The molecule has 2 aromatic rings. The van der Waals surface area contributed by atoms with Crippen molar-refractivity contribution in [3.05, 3.63) is 83.9 Å². The third-order valence-electron chi connectivity index (χ3n) is 4.51. The molecular weight excluding hydrogens is 330 g/mol. The third-order valence-corrected chi connectivity index (χ3v) is 4.51. The van der Waals surface area contributed by atoms with E-state index in [1.165, 1.54) is 0 Å². The van der Waals surface area contributed by atoms with Crippen molar-refractivity contribution in [2.75, 3.05) is 6.61 Å². The van der Waals surface area contributed by atoms with Gasteiger partial charge in [0.05, 0.1) is 25.4 Å². The van der Waals surface area contributed by atoms with Gasteiger partial charge >= 0.3 is 0 Å². The van der Waals surface area contributed by atoms with Crippen molar-refractivity contribution in [3.63, 3.8) is 0 Å². The van der Waals surface area contributed by atoms with E-state index in [1.54, 1.807) is 36.4 Å². The molecule has 0 radical (unpaired) electrons. The zero-order valence-corrected chi connectivity index (χ0v) is 14.4. The number of ether oxygens (including phenoxy) is 1. The van der Waals surface area contributed by atoms with E-state index in [-0.39, 0.29) is 12.0 Å². The topological polar surface area (TPSA) is 78.8 Å². The number of nitrogens with one attached hydrogen (secondary N) is 1. The maximum absolute atomic E-state index is 12.3. The van der Waals surface area contributed by atoms with E-state index in [1.807, 2.05) is 36.4 Å². The van der Waals surface area contributed by atoms with E-state index < -0.39 is 18.1 Å². The van der Waals surface area contributed by atoms with Crippen LogP contribution in [0.25, 0.3) is 0 Å². The van der Waals surface area contributed by atoms with Gasteiger partial charge in [0, 0.05) is 5.92 Å². The van der Waals surface area contributed by atoms with Gasteiger partial charge in [-0.1, -0.05) is 72.8 Å². The lowest BCUT2D eigenvalue weighted by Gasteiger charge is -2.24. The number of carbonyl (C=O) groups is 1. The second-order valence-electron chi connectivity index (χ2n) is 6.39. The molecule has 4 atom stereocenters. The van der Waals surface area contributed by atoms with Crippen LogP contribution in [0.15, 0.2) is 72.8 Å². The molecule has 26 heavy (non-hydrogen) atoms. The second kappa shape index (κ2) is 8.76. The molecule has 1 aliphatic carbocycles. The Hall–Kier alpha value is -2.47. The molecule has 1 amide bonds. The Morgan fingerprint density at radius 1 is 1.04 bits per heavy atom. The summed E-state index contributed by atoms with van der Waals surface area (Å²) in [5, 5.41) is 23.1. The highest BCUT2D eigenvalue weighted by Crippen LogP contribution is 2.22. The SMILES string of the molecule is O=C(N[C@@H]1C=C[C@H](O)[C@H]1COCc1ccccc1)[C@@H](O)c1ccccc1. The molecule has 0 saturated carbocycles. The van der Waals surface area contributed by atoms with Gasteiger partial charge in [-0.25, -0.2) is 0 Å². The molecular formula is C21H23NO4. The fraction of sp³-hybridized carbons (Fsp3) is 0.286. The lowest BCUT2D eigenvalue weighted by molar-refractivity contribution is -0.130. The standard InChI is InChI=1S/C21H23NO4/c23-19-12-11-18(17(19)14-26-13-15-7-3-1-4-8-15)22-21(25)20(24)16-9-5-2-6-10-16/h1-12,17-20,23-24H,13-14H2,(H,22,25)/t17-,18+,19-,20-/m0/s1. The van der Waals surface area contributed by atoms with Crippen LogP contribution in [0.1, 0.15) is 17.2 Å². The van der Waals surface area contributed by atoms with E-state index >= 15 is 0 Å². The molecule has 0 aliphatic heterocycles. The lowest BCUT2D eigenvalue weighted by Crippen LogP contribution is -2.43. The van der Waals surface area contributed by atoms with Crippen LogP contribution < -0.4 is 5.32 Å². The first kappa shape index (κ1) is 18.3. The summed E-state index contributed by atoms with van der Waals surface area (Å²) in [6.45, 7) is 0.743. The van der Waals surface area contributed by atoms with Crippen LogP contribution in [0.3, 0.4) is 0 Å². The van der Waals surface area contributed by atoms with E-state index in [4.69, 9.17) is 4.74 Å². The average Bonchev–Trinajstić information content (AvgIpc) is 3.02. The zero-order valence-electron chi connectivity index (χ0n) is 14.4. The van der Waals surface area contributed by atoms with Gasteiger partial charge in [-0.05, 0) is 11.1 Å². The third kappa shape index (κ3) is 4.58. The largest absolute Gasteiger partial charge is 0.389 e. The van der Waals surface area contributed by atoms with Gasteiger partial charge in [-0.2, -0.15) is 0 Å². The Morgan fingerprint density at radius 2 is 1.69 bits per heavy atom. The molecule has 0 spiro atoms. The minimum Gasteiger partial charge on any atom is -0.389 e. The summed E-state index contributed by atoms with van der Waals surface area (Å²) < 4.78 is 5.72. The van der Waals surface area contributed by atoms with Crippen molar-refractivity contribution in [2.45, 2.75) is 24.9 Å². The van der Waals surface area contributed by atoms with E-state index in [9.17, 15) is 15.0 Å². The zero-order chi connectivity index (χ0) is 18.4. The molecule has 5 heteroatoms. The quantitative estimate of drug-likeness (QED) is 0.665. The van der Waals surface area contributed by atoms with Gasteiger partial charge in [0.2, 0.25) is 0 Å². The molecule has 2 aromatic carbocycles. The first-order valence-corrected chi connectivity index (χ1v) is 8.66. The maximum atomic E-state index is 12.3. The Balaban J connectivity index is 1.54. The van der Waals surface area contributed by atoms with Gasteiger partial charge < -0.3 is 20.3 Å². The highest BCUT2D eigenvalue weighted by Gasteiger charge is 2.33. The van der Waals surface area contributed by atoms with Crippen LogP contribution in [-0.2, 0) is 16.1 Å². The van der Waals surface area contributed by atoms with Crippen molar-refractivity contribution in [3.8, 4) is 0 Å². The summed E-state index contributed by atoms with van der Waals surface area (Å²) in [5.41, 5.74) is 1.58. The number of carbonyl (C=O) groups excluding carboxylic acids is 1. The van der Waals surface area contributed by atoms with Gasteiger partial charge in [0.25, 0.3) is 5.91 Å². The molecule has 3 rings (SSSR count). The van der Waals surface area contributed by atoms with Crippen molar-refractivity contribution in [2.24, 2.45) is 5.92 Å². The number of hydrogen-bond acceptors (Lipinski definition) is 4. The number of aliphatic hydroxyl groups is 2. The summed E-state index contributed by atoms with van der Waals surface area (Å²) in [6.07, 6.45) is 1.46. The number of aliphatic hydroxyl groups excluding tert-OH is 2. The summed E-state index contributed by atoms with van der Waals surface area (Å²) >= 11 is 0. The minimum absolute atomic E-state index is 0.286. The van der Waals surface area contributed by atoms with Gasteiger partial charge in [0.15, 0.2) is 6.10 Å². The van der Waals surface area contributed by atoms with Crippen LogP contribution in [0.5, 0.6) is 0 Å². The molecule has 0 unspecified atom stereocenters. The van der Waals surface area contributed by atoms with Crippen molar-refractivity contribution in [1.82, 2.24) is 5.32 Å². The smallest absolute Gasteiger partial charge is 0.253 e. The van der Waals surface area contributed by atoms with Crippen LogP contribution in [-0.4, -0.2) is 34.9 Å². The Kier molecular flexibility index (Phi) is 6.17. The molecule has 0 bridgehead atoms. The summed E-state index contributed by atoms with van der Waals surface area (Å²) in [5.74, 6) is -0.779. The highest BCUT2D eigenvalue weighted by molar-refractivity contribution is 5.82. The first-order valence-electron chi connectivity index (χ1n) is 8.66. The van der Waals surface area contributed by atoms with Crippen molar-refractivity contribution in [1.29, 1.82) is 0 Å². The fourth-order valence-electron chi connectivity index (χ4n) is 3.01. The minimum atomic E-state index is -1.24. The molecule has 0 heterocycles. The summed E-state index contributed by atoms with van der Waals surface area (Å²) in [4.78, 5) is 12.3. The van der Waals surface area contributed by atoms with Crippen LogP contribution >= 0.6 is 0 Å². The van der Waals surface area contributed by atoms with Crippen LogP contribution in [0, 0.1) is 5.92 Å². The van der Waals surface area contributed by atoms with Gasteiger partial charge in [-0.15, -0.1) is 0 Å². The maximum Gasteiger partial charge on any atom is 0.253 e. The molecule has 0 aromatic heterocycles. The Morgan fingerprint density at radius 3 is 2.38 bits per heavy atom. The second-order valence-corrected chi connectivity index (χ2v) is 6.39. The van der Waals surface area contributed by atoms with Gasteiger partial charge in [-0.3, -0.25) is 4.79 Å². The predicted octanol–water partition coefficient (Wildman–Crippen LogP) is 1.97.